The van der Waals surface area contributed by atoms with Gasteiger partial charge in [0.05, 0.1) is 18.2 Å². The first-order valence-corrected chi connectivity index (χ1v) is 8.32. The van der Waals surface area contributed by atoms with Crippen molar-refractivity contribution in [1.82, 2.24) is 0 Å². The first kappa shape index (κ1) is 15.2. The topological polar surface area (TPSA) is 64.9 Å². The minimum atomic E-state index is -0.140. The van der Waals surface area contributed by atoms with E-state index in [1.54, 1.807) is 24.3 Å². The normalized spacial score (nSPS) is 12.0. The molecule has 0 aromatic heterocycles. The highest BCUT2D eigenvalue weighted by Gasteiger charge is 2.15. The Hall–Kier alpha value is -3.32. The third-order valence-electron chi connectivity index (χ3n) is 4.59. The van der Waals surface area contributed by atoms with Crippen molar-refractivity contribution in [3.05, 3.63) is 71.3 Å². The lowest BCUT2D eigenvalue weighted by atomic mass is 10.0. The Morgan fingerprint density at radius 2 is 1.84 bits per heavy atom. The molecule has 0 bridgehead atoms. The van der Waals surface area contributed by atoms with Crippen molar-refractivity contribution in [3.8, 4) is 6.07 Å². The van der Waals surface area contributed by atoms with Crippen LogP contribution in [0.4, 0.5) is 11.4 Å². The Bertz CT molecular complexity index is 1010. The van der Waals surface area contributed by atoms with Gasteiger partial charge in [0.2, 0.25) is 5.91 Å². The summed E-state index contributed by atoms with van der Waals surface area (Å²) in [5.41, 5.74) is 4.90. The molecule has 0 saturated heterocycles. The molecule has 0 heterocycles. The van der Waals surface area contributed by atoms with E-state index >= 15 is 0 Å². The molecule has 0 aliphatic heterocycles. The average molecular weight is 327 g/mol. The largest absolute Gasteiger partial charge is 0.376 e. The molecule has 4 rings (SSSR count). The van der Waals surface area contributed by atoms with Gasteiger partial charge in [0, 0.05) is 16.8 Å². The first-order valence-electron chi connectivity index (χ1n) is 8.32. The maximum absolute atomic E-state index is 12.2. The summed E-state index contributed by atoms with van der Waals surface area (Å²) in [4.78, 5) is 12.2. The average Bonchev–Trinajstić information content (AvgIpc) is 3.06. The lowest BCUT2D eigenvalue weighted by Crippen LogP contribution is -2.21. The minimum Gasteiger partial charge on any atom is -0.376 e. The van der Waals surface area contributed by atoms with Crippen LogP contribution in [0.5, 0.6) is 0 Å². The maximum Gasteiger partial charge on any atom is 0.243 e. The molecule has 122 valence electrons. The quantitative estimate of drug-likeness (QED) is 0.765. The van der Waals surface area contributed by atoms with Gasteiger partial charge in [0.25, 0.3) is 0 Å². The van der Waals surface area contributed by atoms with Crippen molar-refractivity contribution in [2.75, 3.05) is 17.2 Å². The van der Waals surface area contributed by atoms with E-state index in [1.165, 1.54) is 21.9 Å². The molecule has 25 heavy (non-hydrogen) atoms. The molecule has 0 radical (unpaired) electrons. The molecule has 4 nitrogen and oxygen atoms in total. The molecule has 1 aliphatic carbocycles. The Kier molecular flexibility index (Phi) is 3.83. The molecular weight excluding hydrogens is 310 g/mol. The van der Waals surface area contributed by atoms with Crippen LogP contribution in [0, 0.1) is 11.3 Å². The molecule has 3 aromatic rings. The van der Waals surface area contributed by atoms with Crippen LogP contribution < -0.4 is 10.6 Å². The summed E-state index contributed by atoms with van der Waals surface area (Å²) in [6.07, 6.45) is 2.18. The fraction of sp³-hybridized carbons (Fsp3) is 0.143. The molecule has 0 unspecified atom stereocenters. The van der Waals surface area contributed by atoms with Gasteiger partial charge in [-0.25, -0.2) is 0 Å². The van der Waals surface area contributed by atoms with Crippen LogP contribution >= 0.6 is 0 Å². The highest BCUT2D eigenvalue weighted by Crippen LogP contribution is 2.34. The van der Waals surface area contributed by atoms with E-state index in [2.05, 4.69) is 47.0 Å². The number of nitrogens with one attached hydrogen (secondary N) is 2. The smallest absolute Gasteiger partial charge is 0.243 e. The molecule has 1 aliphatic rings. The predicted octanol–water partition coefficient (Wildman–Crippen LogP) is 3.86. The van der Waals surface area contributed by atoms with Crippen LogP contribution in [0.15, 0.2) is 54.6 Å². The molecule has 0 saturated carbocycles. The van der Waals surface area contributed by atoms with Gasteiger partial charge in [0.15, 0.2) is 0 Å². The van der Waals surface area contributed by atoms with Crippen LogP contribution in [0.3, 0.4) is 0 Å². The predicted molar refractivity (Wildman–Crippen MR) is 99.6 cm³/mol. The number of amides is 1. The Labute approximate surface area is 146 Å². The standard InChI is InChI=1S/C21H17N3O/c22-12-14-3-1-5-17(11-14)24-20(25)13-23-19-10-9-16-8-7-15-4-2-6-18(19)21(15)16/h1-6,9-11,23H,7-8,13H2,(H,24,25). The third-order valence-corrected chi connectivity index (χ3v) is 4.59. The Balaban J connectivity index is 1.49. The zero-order valence-corrected chi connectivity index (χ0v) is 13.7. The molecule has 3 aromatic carbocycles. The number of carbonyl (C=O) groups is 1. The van der Waals surface area contributed by atoms with Crippen molar-refractivity contribution in [2.45, 2.75) is 12.8 Å². The van der Waals surface area contributed by atoms with E-state index in [-0.39, 0.29) is 12.5 Å². The van der Waals surface area contributed by atoms with Gasteiger partial charge in [0.1, 0.15) is 0 Å². The number of benzene rings is 3. The second kappa shape index (κ2) is 6.29. The summed E-state index contributed by atoms with van der Waals surface area (Å²) in [5.74, 6) is -0.140. The second-order valence-corrected chi connectivity index (χ2v) is 6.21. The second-order valence-electron chi connectivity index (χ2n) is 6.21. The van der Waals surface area contributed by atoms with Crippen LogP contribution in [0.1, 0.15) is 16.7 Å². The molecule has 0 atom stereocenters. The van der Waals surface area contributed by atoms with E-state index in [9.17, 15) is 4.79 Å². The number of aryl methyl sites for hydroxylation is 2. The summed E-state index contributed by atoms with van der Waals surface area (Å²) >= 11 is 0. The number of hydrogen-bond donors (Lipinski definition) is 2. The van der Waals surface area contributed by atoms with Crippen molar-refractivity contribution in [1.29, 1.82) is 5.26 Å². The first-order chi connectivity index (χ1) is 12.2. The number of rotatable bonds is 4. The van der Waals surface area contributed by atoms with Gasteiger partial charge in [-0.3, -0.25) is 4.79 Å². The monoisotopic (exact) mass is 327 g/mol. The zero-order valence-electron chi connectivity index (χ0n) is 13.7. The van der Waals surface area contributed by atoms with E-state index in [4.69, 9.17) is 5.26 Å². The fourth-order valence-corrected chi connectivity index (χ4v) is 3.45. The molecule has 2 N–H and O–H groups in total. The van der Waals surface area contributed by atoms with Gasteiger partial charge < -0.3 is 10.6 Å². The molecular formula is C21H17N3O. The Morgan fingerprint density at radius 1 is 1.04 bits per heavy atom. The Morgan fingerprint density at radius 3 is 2.68 bits per heavy atom. The number of hydrogen-bond acceptors (Lipinski definition) is 3. The van der Waals surface area contributed by atoms with Crippen LogP contribution in [0.2, 0.25) is 0 Å². The highest BCUT2D eigenvalue weighted by atomic mass is 16.1. The van der Waals surface area contributed by atoms with Crippen LogP contribution in [-0.4, -0.2) is 12.5 Å². The molecule has 1 amide bonds. The van der Waals surface area contributed by atoms with Crippen molar-refractivity contribution in [2.24, 2.45) is 0 Å². The van der Waals surface area contributed by atoms with Gasteiger partial charge in [-0.2, -0.15) is 5.26 Å². The van der Waals surface area contributed by atoms with Gasteiger partial charge in [-0.15, -0.1) is 0 Å². The van der Waals surface area contributed by atoms with E-state index in [1.807, 2.05) is 0 Å². The zero-order chi connectivity index (χ0) is 17.2. The number of nitriles is 1. The van der Waals surface area contributed by atoms with Crippen LogP contribution in [-0.2, 0) is 17.6 Å². The summed E-state index contributed by atoms with van der Waals surface area (Å²) in [6.45, 7) is 0.176. The summed E-state index contributed by atoms with van der Waals surface area (Å²) < 4.78 is 0. The molecule has 4 heteroatoms. The van der Waals surface area contributed by atoms with E-state index in [0.29, 0.717) is 11.3 Å². The fourth-order valence-electron chi connectivity index (χ4n) is 3.45. The highest BCUT2D eigenvalue weighted by molar-refractivity contribution is 6.01. The lowest BCUT2D eigenvalue weighted by molar-refractivity contribution is -0.114. The summed E-state index contributed by atoms with van der Waals surface area (Å²) in [7, 11) is 0. The minimum absolute atomic E-state index is 0.140. The summed E-state index contributed by atoms with van der Waals surface area (Å²) in [6, 6.07) is 19.5. The lowest BCUT2D eigenvalue weighted by Gasteiger charge is -2.12. The molecule has 0 fully saturated rings. The molecule has 0 spiro atoms. The van der Waals surface area contributed by atoms with Gasteiger partial charge in [-0.05, 0) is 53.6 Å². The van der Waals surface area contributed by atoms with Gasteiger partial charge in [-0.1, -0.05) is 30.3 Å². The maximum atomic E-state index is 12.2. The van der Waals surface area contributed by atoms with Crippen molar-refractivity contribution in [3.63, 3.8) is 0 Å². The van der Waals surface area contributed by atoms with Crippen molar-refractivity contribution < 1.29 is 4.79 Å². The third kappa shape index (κ3) is 2.92. The van der Waals surface area contributed by atoms with Crippen molar-refractivity contribution >= 4 is 28.1 Å². The number of nitrogens with zero attached hydrogens (tertiary/aromatic N) is 1. The number of anilines is 2. The van der Waals surface area contributed by atoms with Crippen LogP contribution in [0.25, 0.3) is 10.8 Å². The summed E-state index contributed by atoms with van der Waals surface area (Å²) in [5, 5.41) is 17.5. The van der Waals surface area contributed by atoms with E-state index < -0.39 is 0 Å². The van der Waals surface area contributed by atoms with E-state index in [0.717, 1.165) is 18.5 Å². The SMILES string of the molecule is N#Cc1cccc(NC(=O)CNc2ccc3c4c(cccc24)CC3)c1. The van der Waals surface area contributed by atoms with Gasteiger partial charge >= 0.3 is 0 Å². The number of carbonyl (C=O) groups excluding carboxylic acids is 1.